The lowest BCUT2D eigenvalue weighted by atomic mass is 10.1. The highest BCUT2D eigenvalue weighted by Gasteiger charge is 2.28. The molecule has 2 heterocycles. The van der Waals surface area contributed by atoms with Crippen LogP contribution < -0.4 is 0 Å². The maximum atomic E-state index is 10.7. The van der Waals surface area contributed by atoms with E-state index in [1.165, 1.54) is 0 Å². The average molecular weight is 511 g/mol. The number of carbonyl (C=O) groups is 2. The number of unbranched alkanes of at least 4 members (excludes halogenated alkanes) is 8. The summed E-state index contributed by atoms with van der Waals surface area (Å²) in [4.78, 5) is 21.4. The van der Waals surface area contributed by atoms with Gasteiger partial charge in [-0.1, -0.05) is 38.5 Å². The van der Waals surface area contributed by atoms with E-state index in [0.717, 1.165) is 77.0 Å². The molecular formula is C24H40Cl2O7. The minimum absolute atomic E-state index is 0.0306. The molecule has 9 heteroatoms. The third kappa shape index (κ3) is 14.7. The first-order chi connectivity index (χ1) is 16.0. The largest absolute Gasteiger partial charge is 0.376 e. The summed E-state index contributed by atoms with van der Waals surface area (Å²) in [5.41, 5.74) is 0. The zero-order valence-electron chi connectivity index (χ0n) is 19.7. The molecule has 0 radical (unpaired) electrons. The van der Waals surface area contributed by atoms with Gasteiger partial charge in [-0.25, -0.2) is 0 Å². The van der Waals surface area contributed by atoms with Crippen LogP contribution in [-0.2, 0) is 33.3 Å². The second-order valence-electron chi connectivity index (χ2n) is 8.90. The zero-order valence-corrected chi connectivity index (χ0v) is 21.2. The third-order valence-electron chi connectivity index (χ3n) is 5.86. The summed E-state index contributed by atoms with van der Waals surface area (Å²) in [6, 6.07) is 0. The van der Waals surface area contributed by atoms with Gasteiger partial charge in [0.25, 0.3) is 0 Å². The SMILES string of the molecule is O=C(Cl)CCCCCCCC1OCC(COCC2COC(CCCCCCCC(=O)Cl)O2)O1. The van der Waals surface area contributed by atoms with Crippen molar-refractivity contribution >= 4 is 33.7 Å². The Bertz CT molecular complexity index is 503. The lowest BCUT2D eigenvalue weighted by Gasteiger charge is -2.14. The fraction of sp³-hybridized carbons (Fsp3) is 0.917. The van der Waals surface area contributed by atoms with Crippen LogP contribution in [0.4, 0.5) is 0 Å². The summed E-state index contributed by atoms with van der Waals surface area (Å²) in [7, 11) is 0. The molecule has 2 fully saturated rings. The van der Waals surface area contributed by atoms with Gasteiger partial charge in [0.15, 0.2) is 12.6 Å². The number of hydrogen-bond donors (Lipinski definition) is 0. The molecule has 0 N–H and O–H groups in total. The summed E-state index contributed by atoms with van der Waals surface area (Å²) < 4.78 is 29.0. The molecule has 2 aliphatic heterocycles. The Morgan fingerprint density at radius 1 is 0.636 bits per heavy atom. The molecule has 2 aliphatic rings. The summed E-state index contributed by atoms with van der Waals surface area (Å²) in [5.74, 6) is 0. The molecule has 0 bridgehead atoms. The van der Waals surface area contributed by atoms with Gasteiger partial charge >= 0.3 is 0 Å². The van der Waals surface area contributed by atoms with Gasteiger partial charge in [-0.3, -0.25) is 9.59 Å². The van der Waals surface area contributed by atoms with Crippen LogP contribution in [0.1, 0.15) is 89.9 Å². The van der Waals surface area contributed by atoms with Crippen molar-refractivity contribution in [2.45, 2.75) is 115 Å². The summed E-state index contributed by atoms with van der Waals surface area (Å²) in [5, 5.41) is -0.492. The van der Waals surface area contributed by atoms with Gasteiger partial charge in [-0.15, -0.1) is 0 Å². The Kier molecular flexibility index (Phi) is 15.8. The van der Waals surface area contributed by atoms with Gasteiger partial charge in [0.05, 0.1) is 26.4 Å². The smallest absolute Gasteiger partial charge is 0.221 e. The van der Waals surface area contributed by atoms with Gasteiger partial charge in [0, 0.05) is 12.8 Å². The highest BCUT2D eigenvalue weighted by molar-refractivity contribution is 6.63. The van der Waals surface area contributed by atoms with Crippen molar-refractivity contribution in [2.24, 2.45) is 0 Å². The van der Waals surface area contributed by atoms with Gasteiger partial charge in [0.2, 0.25) is 10.5 Å². The normalized spacial score (nSPS) is 25.0. The van der Waals surface area contributed by atoms with Crippen molar-refractivity contribution < 1.29 is 33.3 Å². The molecule has 0 saturated carbocycles. The summed E-state index contributed by atoms with van der Waals surface area (Å²) in [6.07, 6.45) is 12.7. The predicted octanol–water partition coefficient (Wildman–Crippen LogP) is 5.48. The van der Waals surface area contributed by atoms with Crippen LogP contribution in [-0.4, -0.2) is 61.7 Å². The highest BCUT2D eigenvalue weighted by atomic mass is 35.5. The van der Waals surface area contributed by atoms with Crippen molar-refractivity contribution in [2.75, 3.05) is 26.4 Å². The Balaban J connectivity index is 1.39. The molecule has 0 aromatic carbocycles. The topological polar surface area (TPSA) is 80.3 Å². The summed E-state index contributed by atoms with van der Waals surface area (Å²) in [6.45, 7) is 2.12. The minimum atomic E-state index is -0.246. The Labute approximate surface area is 208 Å². The number of halogens is 2. The van der Waals surface area contributed by atoms with Gasteiger partial charge in [-0.2, -0.15) is 0 Å². The number of ether oxygens (including phenoxy) is 5. The van der Waals surface area contributed by atoms with E-state index >= 15 is 0 Å². The fourth-order valence-electron chi connectivity index (χ4n) is 4.03. The second kappa shape index (κ2) is 18.1. The molecule has 192 valence electrons. The molecule has 2 saturated heterocycles. The van der Waals surface area contributed by atoms with E-state index in [2.05, 4.69) is 0 Å². The van der Waals surface area contributed by atoms with Crippen molar-refractivity contribution in [1.82, 2.24) is 0 Å². The molecule has 33 heavy (non-hydrogen) atoms. The summed E-state index contributed by atoms with van der Waals surface area (Å²) >= 11 is 10.7. The molecule has 0 amide bonds. The van der Waals surface area contributed by atoms with Crippen LogP contribution in [0.3, 0.4) is 0 Å². The van der Waals surface area contributed by atoms with Crippen LogP contribution in [0.2, 0.25) is 0 Å². The molecule has 4 unspecified atom stereocenters. The Morgan fingerprint density at radius 3 is 1.45 bits per heavy atom. The average Bonchev–Trinajstić information content (AvgIpc) is 3.41. The zero-order chi connectivity index (χ0) is 23.7. The van der Waals surface area contributed by atoms with Crippen LogP contribution >= 0.6 is 23.2 Å². The van der Waals surface area contributed by atoms with Gasteiger partial charge in [-0.05, 0) is 61.7 Å². The Morgan fingerprint density at radius 2 is 1.03 bits per heavy atom. The van der Waals surface area contributed by atoms with Crippen molar-refractivity contribution in [1.29, 1.82) is 0 Å². The molecule has 2 rings (SSSR count). The molecule has 7 nitrogen and oxygen atoms in total. The van der Waals surface area contributed by atoms with Crippen LogP contribution in [0, 0.1) is 0 Å². The monoisotopic (exact) mass is 510 g/mol. The third-order valence-corrected chi connectivity index (χ3v) is 6.24. The molecule has 0 aromatic rings. The van der Waals surface area contributed by atoms with E-state index in [4.69, 9.17) is 46.9 Å². The molecule has 0 aromatic heterocycles. The van der Waals surface area contributed by atoms with Crippen molar-refractivity contribution in [3.63, 3.8) is 0 Å². The van der Waals surface area contributed by atoms with E-state index in [0.29, 0.717) is 39.3 Å². The van der Waals surface area contributed by atoms with E-state index < -0.39 is 0 Å². The highest BCUT2D eigenvalue weighted by Crippen LogP contribution is 2.21. The molecule has 0 spiro atoms. The van der Waals surface area contributed by atoms with E-state index in [1.54, 1.807) is 0 Å². The predicted molar refractivity (Wildman–Crippen MR) is 126 cm³/mol. The molecule has 4 atom stereocenters. The fourth-order valence-corrected chi connectivity index (χ4v) is 4.30. The quantitative estimate of drug-likeness (QED) is 0.158. The molecular weight excluding hydrogens is 471 g/mol. The number of hydrogen-bond acceptors (Lipinski definition) is 7. The molecule has 0 aliphatic carbocycles. The lowest BCUT2D eigenvalue weighted by Crippen LogP contribution is -2.25. The van der Waals surface area contributed by atoms with E-state index in [9.17, 15) is 9.59 Å². The minimum Gasteiger partial charge on any atom is -0.376 e. The van der Waals surface area contributed by atoms with Gasteiger partial charge in [0.1, 0.15) is 12.2 Å². The maximum Gasteiger partial charge on any atom is 0.221 e. The first-order valence-corrected chi connectivity index (χ1v) is 13.3. The number of rotatable bonds is 20. The van der Waals surface area contributed by atoms with Gasteiger partial charge < -0.3 is 23.7 Å². The first kappa shape index (κ1) is 29.0. The van der Waals surface area contributed by atoms with E-state index in [-0.39, 0.29) is 35.3 Å². The standard InChI is InChI=1S/C24H40Cl2O7/c25-21(27)11-7-3-1-5-9-13-23-30-17-19(32-23)15-29-16-20-18-31-24(33-20)14-10-6-2-4-8-12-22(26)28/h19-20,23-24H,1-18H2. The van der Waals surface area contributed by atoms with Crippen LogP contribution in [0.15, 0.2) is 0 Å². The maximum absolute atomic E-state index is 10.7. The van der Waals surface area contributed by atoms with E-state index in [1.807, 2.05) is 0 Å². The lowest BCUT2D eigenvalue weighted by molar-refractivity contribution is -0.112. The number of carbonyl (C=O) groups excluding carboxylic acids is 2. The van der Waals surface area contributed by atoms with Crippen molar-refractivity contribution in [3.05, 3.63) is 0 Å². The van der Waals surface area contributed by atoms with Crippen LogP contribution in [0.5, 0.6) is 0 Å². The van der Waals surface area contributed by atoms with Crippen molar-refractivity contribution in [3.8, 4) is 0 Å². The second-order valence-corrected chi connectivity index (χ2v) is 9.75. The Hall–Kier alpha value is -0.280. The first-order valence-electron chi connectivity index (χ1n) is 12.5. The van der Waals surface area contributed by atoms with Crippen LogP contribution in [0.25, 0.3) is 0 Å².